The molecule has 1 amide bonds. The molecule has 2 N–H and O–H groups in total. The Kier molecular flexibility index (Phi) is 4.26. The molecule has 0 bridgehead atoms. The quantitative estimate of drug-likeness (QED) is 0.852. The first-order valence-corrected chi connectivity index (χ1v) is 7.30. The highest BCUT2D eigenvalue weighted by Crippen LogP contribution is 2.21. The van der Waals surface area contributed by atoms with Crippen molar-refractivity contribution < 1.29 is 4.79 Å². The zero-order valence-corrected chi connectivity index (χ0v) is 11.8. The van der Waals surface area contributed by atoms with Gasteiger partial charge in [0.2, 0.25) is 5.91 Å². The Balaban J connectivity index is 1.71. The fraction of sp³-hybridized carbons (Fsp3) is 0.294. The van der Waals surface area contributed by atoms with Crippen molar-refractivity contribution >= 4 is 5.91 Å². The average Bonchev–Trinajstić information content (AvgIpc) is 3.33. The summed E-state index contributed by atoms with van der Waals surface area (Å²) in [7, 11) is 0. The third-order valence-corrected chi connectivity index (χ3v) is 3.58. The van der Waals surface area contributed by atoms with Gasteiger partial charge in [-0.05, 0) is 36.1 Å². The van der Waals surface area contributed by atoms with Gasteiger partial charge in [-0.2, -0.15) is 0 Å². The predicted molar refractivity (Wildman–Crippen MR) is 81.7 cm³/mol. The zero-order valence-electron chi connectivity index (χ0n) is 11.8. The molecule has 4 nitrogen and oxygen atoms in total. The minimum absolute atomic E-state index is 0.000784. The number of benzene rings is 1. The van der Waals surface area contributed by atoms with Gasteiger partial charge in [0.05, 0.1) is 12.6 Å². The molecule has 1 fully saturated rings. The summed E-state index contributed by atoms with van der Waals surface area (Å²) < 4.78 is 0. The fourth-order valence-electron chi connectivity index (χ4n) is 2.33. The van der Waals surface area contributed by atoms with Crippen molar-refractivity contribution in [2.75, 3.05) is 6.54 Å². The molecule has 1 aliphatic carbocycles. The van der Waals surface area contributed by atoms with E-state index in [4.69, 9.17) is 0 Å². The maximum absolute atomic E-state index is 11.9. The minimum Gasteiger partial charge on any atom is -0.352 e. The highest BCUT2D eigenvalue weighted by atomic mass is 16.2. The van der Waals surface area contributed by atoms with Crippen LogP contribution in [0.5, 0.6) is 0 Å². The van der Waals surface area contributed by atoms with E-state index in [2.05, 4.69) is 27.8 Å². The Labute approximate surface area is 124 Å². The number of nitrogens with zero attached hydrogens (tertiary/aromatic N) is 1. The number of aromatic nitrogens is 1. The van der Waals surface area contributed by atoms with Crippen LogP contribution in [0.15, 0.2) is 54.9 Å². The molecule has 1 heterocycles. The lowest BCUT2D eigenvalue weighted by Crippen LogP contribution is -2.37. The molecule has 108 valence electrons. The molecule has 2 aromatic rings. The van der Waals surface area contributed by atoms with Gasteiger partial charge in [0.15, 0.2) is 0 Å². The van der Waals surface area contributed by atoms with E-state index in [9.17, 15) is 4.79 Å². The summed E-state index contributed by atoms with van der Waals surface area (Å²) >= 11 is 0. The van der Waals surface area contributed by atoms with Crippen LogP contribution in [0.4, 0.5) is 0 Å². The number of nitrogens with one attached hydrogen (secondary N) is 2. The molecule has 4 heteroatoms. The van der Waals surface area contributed by atoms with Gasteiger partial charge >= 0.3 is 0 Å². The summed E-state index contributed by atoms with van der Waals surface area (Å²) in [6.45, 7) is 0.318. The number of rotatable bonds is 6. The van der Waals surface area contributed by atoms with Crippen LogP contribution in [0, 0.1) is 0 Å². The Hall–Kier alpha value is -2.20. The molecule has 1 aliphatic rings. The van der Waals surface area contributed by atoms with Gasteiger partial charge in [-0.3, -0.25) is 15.1 Å². The molecule has 3 rings (SSSR count). The van der Waals surface area contributed by atoms with Gasteiger partial charge in [0, 0.05) is 18.4 Å². The van der Waals surface area contributed by atoms with Crippen LogP contribution < -0.4 is 10.6 Å². The molecule has 0 spiro atoms. The van der Waals surface area contributed by atoms with Crippen molar-refractivity contribution in [1.82, 2.24) is 15.6 Å². The van der Waals surface area contributed by atoms with Crippen molar-refractivity contribution in [2.24, 2.45) is 0 Å². The number of carbonyl (C=O) groups is 1. The van der Waals surface area contributed by atoms with Gasteiger partial charge < -0.3 is 5.32 Å². The van der Waals surface area contributed by atoms with Gasteiger partial charge in [-0.1, -0.05) is 30.3 Å². The molecule has 1 saturated carbocycles. The topological polar surface area (TPSA) is 54.0 Å². The van der Waals surface area contributed by atoms with Gasteiger partial charge in [-0.15, -0.1) is 0 Å². The van der Waals surface area contributed by atoms with Crippen LogP contribution in [0.2, 0.25) is 0 Å². The molecule has 0 radical (unpaired) electrons. The summed E-state index contributed by atoms with van der Waals surface area (Å²) in [6, 6.07) is 14.5. The third-order valence-electron chi connectivity index (χ3n) is 3.58. The Morgan fingerprint density at radius 2 is 1.76 bits per heavy atom. The molecule has 0 aliphatic heterocycles. The molecule has 21 heavy (non-hydrogen) atoms. The second-order valence-corrected chi connectivity index (χ2v) is 5.35. The van der Waals surface area contributed by atoms with Crippen LogP contribution in [0.3, 0.4) is 0 Å². The van der Waals surface area contributed by atoms with Crippen LogP contribution in [-0.4, -0.2) is 23.5 Å². The van der Waals surface area contributed by atoms with Gasteiger partial charge in [-0.25, -0.2) is 0 Å². The summed E-state index contributed by atoms with van der Waals surface area (Å²) in [5.41, 5.74) is 2.25. The van der Waals surface area contributed by atoms with E-state index >= 15 is 0 Å². The van der Waals surface area contributed by atoms with E-state index in [1.165, 1.54) is 0 Å². The third kappa shape index (κ3) is 3.89. The Morgan fingerprint density at radius 3 is 2.43 bits per heavy atom. The average molecular weight is 281 g/mol. The molecule has 1 atom stereocenters. The lowest BCUT2D eigenvalue weighted by Gasteiger charge is -2.19. The maximum atomic E-state index is 11.9. The molecular formula is C17H19N3O. The van der Waals surface area contributed by atoms with Crippen LogP contribution in [0.25, 0.3) is 0 Å². The number of carbonyl (C=O) groups excluding carboxylic acids is 1. The molecule has 1 unspecified atom stereocenters. The first-order chi connectivity index (χ1) is 10.3. The summed E-state index contributed by atoms with van der Waals surface area (Å²) in [5, 5.41) is 6.34. The highest BCUT2D eigenvalue weighted by Gasteiger charge is 2.23. The zero-order chi connectivity index (χ0) is 14.5. The Morgan fingerprint density at radius 1 is 1.10 bits per heavy atom. The van der Waals surface area contributed by atoms with E-state index in [0.29, 0.717) is 12.6 Å². The second kappa shape index (κ2) is 6.50. The van der Waals surface area contributed by atoms with Crippen molar-refractivity contribution in [3.05, 3.63) is 66.0 Å². The lowest BCUT2D eigenvalue weighted by atomic mass is 10.00. The summed E-state index contributed by atoms with van der Waals surface area (Å²) in [6.07, 6.45) is 5.77. The van der Waals surface area contributed by atoms with E-state index in [0.717, 1.165) is 24.0 Å². The molecule has 1 aromatic carbocycles. The van der Waals surface area contributed by atoms with Gasteiger partial charge in [0.1, 0.15) is 0 Å². The molecule has 1 aromatic heterocycles. The van der Waals surface area contributed by atoms with Crippen molar-refractivity contribution in [3.8, 4) is 0 Å². The van der Waals surface area contributed by atoms with Crippen molar-refractivity contribution in [2.45, 2.75) is 24.9 Å². The number of amides is 1. The maximum Gasteiger partial charge on any atom is 0.234 e. The predicted octanol–water partition coefficient (Wildman–Crippen LogP) is 2.04. The van der Waals surface area contributed by atoms with E-state index in [1.54, 1.807) is 12.4 Å². The monoisotopic (exact) mass is 281 g/mol. The summed E-state index contributed by atoms with van der Waals surface area (Å²) in [4.78, 5) is 15.9. The normalized spacial score (nSPS) is 15.4. The standard InChI is InChI=1S/C17H19N3O/c21-16(20-15-6-7-15)12-19-17(13-4-2-1-3-5-13)14-8-10-18-11-9-14/h1-5,8-11,15,17,19H,6-7,12H2,(H,20,21). The van der Waals surface area contributed by atoms with Crippen LogP contribution in [-0.2, 0) is 4.79 Å². The van der Waals surface area contributed by atoms with E-state index in [1.807, 2.05) is 30.3 Å². The highest BCUT2D eigenvalue weighted by molar-refractivity contribution is 5.78. The van der Waals surface area contributed by atoms with Crippen molar-refractivity contribution in [3.63, 3.8) is 0 Å². The van der Waals surface area contributed by atoms with E-state index in [-0.39, 0.29) is 11.9 Å². The molecule has 0 saturated heterocycles. The first kappa shape index (κ1) is 13.8. The van der Waals surface area contributed by atoms with Crippen LogP contribution in [0.1, 0.15) is 30.0 Å². The van der Waals surface area contributed by atoms with Crippen LogP contribution >= 0.6 is 0 Å². The SMILES string of the molecule is O=C(CNC(c1ccccc1)c1ccncc1)NC1CC1. The Bertz CT molecular complexity index is 542. The van der Waals surface area contributed by atoms with Gasteiger partial charge in [0.25, 0.3) is 0 Å². The van der Waals surface area contributed by atoms with Crippen molar-refractivity contribution in [1.29, 1.82) is 0 Å². The number of hydrogen-bond donors (Lipinski definition) is 2. The smallest absolute Gasteiger partial charge is 0.234 e. The number of pyridine rings is 1. The molecular weight excluding hydrogens is 262 g/mol. The first-order valence-electron chi connectivity index (χ1n) is 7.30. The summed E-state index contributed by atoms with van der Waals surface area (Å²) in [5.74, 6) is 0.0625. The largest absolute Gasteiger partial charge is 0.352 e. The fourth-order valence-corrected chi connectivity index (χ4v) is 2.33. The lowest BCUT2D eigenvalue weighted by molar-refractivity contribution is -0.120. The van der Waals surface area contributed by atoms with E-state index < -0.39 is 0 Å². The minimum atomic E-state index is -0.000784. The number of hydrogen-bond acceptors (Lipinski definition) is 3. The second-order valence-electron chi connectivity index (χ2n) is 5.35.